The number of carbonyl (C=O) groups is 2. The lowest BCUT2D eigenvalue weighted by Crippen LogP contribution is -2.55. The summed E-state index contributed by atoms with van der Waals surface area (Å²) in [6.07, 6.45) is 3.32. The zero-order chi connectivity index (χ0) is 20.9. The van der Waals surface area contributed by atoms with E-state index in [1.54, 1.807) is 0 Å². The van der Waals surface area contributed by atoms with E-state index in [0.29, 0.717) is 35.0 Å². The molecule has 29 heavy (non-hydrogen) atoms. The van der Waals surface area contributed by atoms with Crippen molar-refractivity contribution in [2.24, 2.45) is 5.92 Å². The molecule has 1 fully saturated rings. The van der Waals surface area contributed by atoms with Crippen molar-refractivity contribution in [1.29, 1.82) is 0 Å². The van der Waals surface area contributed by atoms with Gasteiger partial charge in [0.1, 0.15) is 27.3 Å². The third-order valence-corrected chi connectivity index (χ3v) is 7.43. The third-order valence-electron chi connectivity index (χ3n) is 5.71. The molecule has 0 radical (unpaired) electrons. The Morgan fingerprint density at radius 3 is 2.69 bits per heavy atom. The summed E-state index contributed by atoms with van der Waals surface area (Å²) < 4.78 is 37.7. The molecular formula is C19H23FN4O4S. The van der Waals surface area contributed by atoms with Crippen LogP contribution in [0.4, 0.5) is 4.39 Å². The maximum atomic E-state index is 14.5. The van der Waals surface area contributed by atoms with Crippen LogP contribution in [0, 0.1) is 11.7 Å². The number of hydrogen-bond acceptors (Lipinski definition) is 5. The highest BCUT2D eigenvalue weighted by Crippen LogP contribution is 2.32. The highest BCUT2D eigenvalue weighted by atomic mass is 32.2. The molecule has 1 saturated heterocycles. The number of rotatable bonds is 4. The number of carbonyl (C=O) groups excluding carboxylic acids is 2. The summed E-state index contributed by atoms with van der Waals surface area (Å²) in [6.45, 7) is 3.63. The van der Waals surface area contributed by atoms with Crippen molar-refractivity contribution >= 4 is 32.7 Å². The lowest BCUT2D eigenvalue weighted by Gasteiger charge is -2.37. The van der Waals surface area contributed by atoms with E-state index in [-0.39, 0.29) is 41.8 Å². The van der Waals surface area contributed by atoms with Gasteiger partial charge in [0.2, 0.25) is 5.91 Å². The molecule has 10 heteroatoms. The Morgan fingerprint density at radius 1 is 1.34 bits per heavy atom. The number of aromatic nitrogens is 2. The number of nitrogens with one attached hydrogen (secondary N) is 2. The van der Waals surface area contributed by atoms with Gasteiger partial charge in [-0.05, 0) is 18.8 Å². The van der Waals surface area contributed by atoms with Crippen LogP contribution < -0.4 is 5.32 Å². The van der Waals surface area contributed by atoms with Crippen LogP contribution in [0.3, 0.4) is 0 Å². The summed E-state index contributed by atoms with van der Waals surface area (Å²) >= 11 is 0. The average Bonchev–Trinajstić information content (AvgIpc) is 3.08. The molecule has 2 amide bonds. The monoisotopic (exact) mass is 422 g/mol. The highest BCUT2D eigenvalue weighted by molar-refractivity contribution is 7.91. The van der Waals surface area contributed by atoms with Gasteiger partial charge >= 0.3 is 0 Å². The van der Waals surface area contributed by atoms with E-state index in [4.69, 9.17) is 0 Å². The Hall–Kier alpha value is -2.49. The summed E-state index contributed by atoms with van der Waals surface area (Å²) in [5.41, 5.74) is 1.09. The number of pyridine rings is 1. The highest BCUT2D eigenvalue weighted by Gasteiger charge is 2.39. The van der Waals surface area contributed by atoms with Crippen LogP contribution in [-0.2, 0) is 21.2 Å². The van der Waals surface area contributed by atoms with Gasteiger partial charge in [-0.25, -0.2) is 17.8 Å². The first kappa shape index (κ1) is 19.8. The van der Waals surface area contributed by atoms with Gasteiger partial charge in [-0.15, -0.1) is 0 Å². The summed E-state index contributed by atoms with van der Waals surface area (Å²) in [7, 11) is -3.04. The van der Waals surface area contributed by atoms with Crippen molar-refractivity contribution < 1.29 is 22.4 Å². The van der Waals surface area contributed by atoms with E-state index in [2.05, 4.69) is 15.3 Å². The van der Waals surface area contributed by atoms with Crippen LogP contribution in [0.1, 0.15) is 42.6 Å². The maximum absolute atomic E-state index is 14.5. The molecule has 1 atom stereocenters. The molecule has 0 saturated carbocycles. The summed E-state index contributed by atoms with van der Waals surface area (Å²) in [4.78, 5) is 34.4. The minimum Gasteiger partial charge on any atom is -0.352 e. The normalized spacial score (nSPS) is 20.3. The van der Waals surface area contributed by atoms with E-state index in [1.807, 2.05) is 13.8 Å². The number of hydrogen-bond donors (Lipinski definition) is 2. The lowest BCUT2D eigenvalue weighted by atomic mass is 9.95. The van der Waals surface area contributed by atoms with Gasteiger partial charge in [-0.2, -0.15) is 0 Å². The minimum atomic E-state index is -3.04. The predicted molar refractivity (Wildman–Crippen MR) is 104 cm³/mol. The quantitative estimate of drug-likeness (QED) is 0.773. The summed E-state index contributed by atoms with van der Waals surface area (Å²) in [5.74, 6) is -1.35. The first-order valence-corrected chi connectivity index (χ1v) is 11.5. The standard InChI is InChI=1S/C19H23FN4O4S/c1-10(2)16(18(25)23-11-3-5-29(27,28)6-4-11)24-9-13-14(20)8-22-17-15(13)12(7-21-17)19(24)26/h7-8,10-11,16H,3-6,9H2,1-2H3,(H,21,22)(H,23,25)/t16-/m1/s1. The number of H-pyrrole nitrogens is 1. The first-order chi connectivity index (χ1) is 13.7. The molecule has 2 aliphatic heterocycles. The molecule has 2 N–H and O–H groups in total. The van der Waals surface area contributed by atoms with Crippen LogP contribution in [0.2, 0.25) is 0 Å². The van der Waals surface area contributed by atoms with Gasteiger partial charge in [0.05, 0.1) is 29.8 Å². The number of amides is 2. The third kappa shape index (κ3) is 3.50. The topological polar surface area (TPSA) is 112 Å². The Morgan fingerprint density at radius 2 is 2.03 bits per heavy atom. The second kappa shape index (κ2) is 7.08. The van der Waals surface area contributed by atoms with Crippen molar-refractivity contribution in [1.82, 2.24) is 20.2 Å². The largest absolute Gasteiger partial charge is 0.352 e. The molecule has 0 aromatic carbocycles. The van der Waals surface area contributed by atoms with Crippen LogP contribution >= 0.6 is 0 Å². The van der Waals surface area contributed by atoms with Crippen molar-refractivity contribution in [3.05, 3.63) is 29.3 Å². The van der Waals surface area contributed by atoms with E-state index in [9.17, 15) is 22.4 Å². The Kier molecular flexibility index (Phi) is 4.84. The fourth-order valence-electron chi connectivity index (χ4n) is 4.21. The predicted octanol–water partition coefficient (Wildman–Crippen LogP) is 1.38. The van der Waals surface area contributed by atoms with E-state index in [1.165, 1.54) is 11.1 Å². The van der Waals surface area contributed by atoms with Crippen molar-refractivity contribution in [3.8, 4) is 0 Å². The molecular weight excluding hydrogens is 399 g/mol. The number of halogens is 1. The van der Waals surface area contributed by atoms with Crippen molar-refractivity contribution in [3.63, 3.8) is 0 Å². The molecule has 4 heterocycles. The SMILES string of the molecule is CC(C)[C@H](C(=O)NC1CCS(=O)(=O)CC1)N1Cc2c(F)cnc3[nH]cc(c23)C1=O. The maximum Gasteiger partial charge on any atom is 0.257 e. The summed E-state index contributed by atoms with van der Waals surface area (Å²) in [6, 6.07) is -1.05. The Bertz CT molecular complexity index is 1080. The molecule has 2 aliphatic rings. The van der Waals surface area contributed by atoms with Gasteiger partial charge < -0.3 is 15.2 Å². The number of nitrogens with zero attached hydrogens (tertiary/aromatic N) is 2. The first-order valence-electron chi connectivity index (χ1n) is 9.64. The van der Waals surface area contributed by atoms with Crippen LogP contribution in [0.25, 0.3) is 11.0 Å². The van der Waals surface area contributed by atoms with E-state index in [0.717, 1.165) is 6.20 Å². The van der Waals surface area contributed by atoms with E-state index >= 15 is 0 Å². The summed E-state index contributed by atoms with van der Waals surface area (Å²) in [5, 5.41) is 3.37. The molecule has 0 spiro atoms. The minimum absolute atomic E-state index is 0.0240. The van der Waals surface area contributed by atoms with Gasteiger partial charge in [-0.3, -0.25) is 9.59 Å². The van der Waals surface area contributed by atoms with Gasteiger partial charge in [0.25, 0.3) is 5.91 Å². The molecule has 156 valence electrons. The van der Waals surface area contributed by atoms with Gasteiger partial charge in [0, 0.05) is 23.2 Å². The smallest absolute Gasteiger partial charge is 0.257 e. The molecule has 2 aromatic heterocycles. The van der Waals surface area contributed by atoms with E-state index < -0.39 is 21.7 Å². The second-order valence-corrected chi connectivity index (χ2v) is 10.4. The molecule has 4 rings (SSSR count). The average molecular weight is 422 g/mol. The van der Waals surface area contributed by atoms with Crippen LogP contribution in [0.15, 0.2) is 12.4 Å². The van der Waals surface area contributed by atoms with Gasteiger partial charge in [0.15, 0.2) is 0 Å². The van der Waals surface area contributed by atoms with Crippen LogP contribution in [-0.4, -0.2) is 58.7 Å². The fourth-order valence-corrected chi connectivity index (χ4v) is 5.70. The molecule has 2 aromatic rings. The zero-order valence-electron chi connectivity index (χ0n) is 16.2. The fraction of sp³-hybridized carbons (Fsp3) is 0.526. The Labute approximate surface area is 167 Å². The van der Waals surface area contributed by atoms with Crippen molar-refractivity contribution in [2.45, 2.75) is 45.3 Å². The van der Waals surface area contributed by atoms with Crippen molar-refractivity contribution in [2.75, 3.05) is 11.5 Å². The Balaban J connectivity index is 1.60. The number of sulfone groups is 1. The molecule has 8 nitrogen and oxygen atoms in total. The van der Waals surface area contributed by atoms with Gasteiger partial charge in [-0.1, -0.05) is 13.8 Å². The molecule has 0 unspecified atom stereocenters. The van der Waals surface area contributed by atoms with Crippen LogP contribution in [0.5, 0.6) is 0 Å². The molecule has 0 bridgehead atoms. The lowest BCUT2D eigenvalue weighted by molar-refractivity contribution is -0.128. The number of aromatic amines is 1. The zero-order valence-corrected chi connectivity index (χ0v) is 17.1. The second-order valence-electron chi connectivity index (χ2n) is 8.07. The molecule has 0 aliphatic carbocycles.